The smallest absolute Gasteiger partial charge is 0.155 e. The van der Waals surface area contributed by atoms with E-state index in [4.69, 9.17) is 0 Å². The molecule has 3 fully saturated rings. The van der Waals surface area contributed by atoms with Crippen LogP contribution in [0.4, 0.5) is 0 Å². The molecule has 4 aliphatic rings. The summed E-state index contributed by atoms with van der Waals surface area (Å²) in [5.74, 6) is 5.65. The molecule has 0 aliphatic heterocycles. The number of hydrogen-bond donors (Lipinski definition) is 0. The Morgan fingerprint density at radius 2 is 1.60 bits per heavy atom. The summed E-state index contributed by atoms with van der Waals surface area (Å²) in [5, 5.41) is 0. The molecule has 0 saturated heterocycles. The zero-order chi connectivity index (χ0) is 34.6. The van der Waals surface area contributed by atoms with Gasteiger partial charge in [0.15, 0.2) is 5.78 Å². The number of aldehydes is 1. The second kappa shape index (κ2) is 19.4. The summed E-state index contributed by atoms with van der Waals surface area (Å²) in [6, 6.07) is 0. The second-order valence-corrected chi connectivity index (χ2v) is 18.1. The van der Waals surface area contributed by atoms with Crippen molar-refractivity contribution in [3.05, 3.63) is 23.3 Å². The minimum atomic E-state index is 0.352. The Bertz CT molecular complexity index is 1060. The average molecular weight is 664 g/mol. The van der Waals surface area contributed by atoms with Crippen LogP contribution in [-0.2, 0) is 9.59 Å². The summed E-state index contributed by atoms with van der Waals surface area (Å²) in [7, 11) is 0. The number of carbonyl (C=O) groups excluding carboxylic acids is 2. The fraction of sp³-hybridized carbons (Fsp3) is 0.867. The van der Waals surface area contributed by atoms with Crippen molar-refractivity contribution in [3.8, 4) is 0 Å². The first-order valence-electron chi connectivity index (χ1n) is 21.2. The van der Waals surface area contributed by atoms with Crippen LogP contribution in [0.1, 0.15) is 183 Å². The highest BCUT2D eigenvalue weighted by Crippen LogP contribution is 2.67. The highest BCUT2D eigenvalue weighted by molar-refractivity contribution is 5.90. The Balaban J connectivity index is 1.22. The van der Waals surface area contributed by atoms with Gasteiger partial charge in [0.2, 0.25) is 0 Å². The third-order valence-electron chi connectivity index (χ3n) is 14.3. The summed E-state index contributed by atoms with van der Waals surface area (Å²) in [5.41, 5.74) is 4.01. The molecule has 48 heavy (non-hydrogen) atoms. The SMILES string of the molecule is CCCCN(CCCCCCC=O)CCCCCC(=O)C=C1CCC2(C)C(=CCC3C2CCC2(C)C(C(C)CCCC(C)C)CCC32)C1. The van der Waals surface area contributed by atoms with Gasteiger partial charge in [-0.25, -0.2) is 0 Å². The van der Waals surface area contributed by atoms with Gasteiger partial charge in [-0.1, -0.05) is 104 Å². The summed E-state index contributed by atoms with van der Waals surface area (Å²) < 4.78 is 0. The molecule has 0 N–H and O–H groups in total. The Labute approximate surface area is 297 Å². The second-order valence-electron chi connectivity index (χ2n) is 18.1. The van der Waals surface area contributed by atoms with Crippen LogP contribution in [0.3, 0.4) is 0 Å². The largest absolute Gasteiger partial charge is 0.303 e. The molecule has 0 amide bonds. The molecule has 0 radical (unpaired) electrons. The van der Waals surface area contributed by atoms with E-state index in [1.54, 1.807) is 5.57 Å². The first kappa shape index (κ1) is 39.6. The molecule has 0 heterocycles. The number of fused-ring (bicyclic) bond motifs is 5. The zero-order valence-corrected chi connectivity index (χ0v) is 32.6. The summed E-state index contributed by atoms with van der Waals surface area (Å²) in [6.45, 7) is 18.5. The van der Waals surface area contributed by atoms with Crippen LogP contribution in [0, 0.1) is 46.3 Å². The van der Waals surface area contributed by atoms with Gasteiger partial charge in [-0.15, -0.1) is 0 Å². The first-order chi connectivity index (χ1) is 23.1. The van der Waals surface area contributed by atoms with Gasteiger partial charge in [-0.3, -0.25) is 4.79 Å². The van der Waals surface area contributed by atoms with Crippen LogP contribution in [-0.4, -0.2) is 36.6 Å². The molecule has 0 bridgehead atoms. The molecule has 7 unspecified atom stereocenters. The molecule has 0 aromatic rings. The van der Waals surface area contributed by atoms with Crippen molar-refractivity contribution in [2.45, 2.75) is 183 Å². The topological polar surface area (TPSA) is 37.4 Å². The van der Waals surface area contributed by atoms with Crippen LogP contribution in [0.2, 0.25) is 0 Å². The van der Waals surface area contributed by atoms with Gasteiger partial charge in [0.05, 0.1) is 0 Å². The van der Waals surface area contributed by atoms with Crippen LogP contribution in [0.25, 0.3) is 0 Å². The van der Waals surface area contributed by atoms with Gasteiger partial charge in [0.1, 0.15) is 6.29 Å². The standard InChI is InChI=1S/C45H77NO2/c1-7-8-29-46(30-14-10-9-11-16-32-47)31-15-12-13-20-39(48)34-37-25-27-44(5)38(33-37)21-22-40-42-24-23-41(36(4)19-17-18-35(2)3)45(42,6)28-26-43(40)44/h21,32,34-36,40-43H,7-20,22-31,33H2,1-6H3. The maximum atomic E-state index is 13.1. The monoisotopic (exact) mass is 664 g/mol. The van der Waals surface area contributed by atoms with E-state index in [0.717, 1.165) is 80.4 Å². The Morgan fingerprint density at radius 3 is 2.33 bits per heavy atom. The maximum absolute atomic E-state index is 13.1. The van der Waals surface area contributed by atoms with E-state index in [1.807, 2.05) is 0 Å². The van der Waals surface area contributed by atoms with Crippen LogP contribution in [0.5, 0.6) is 0 Å². The molecular weight excluding hydrogens is 587 g/mol. The molecule has 3 saturated carbocycles. The van der Waals surface area contributed by atoms with Gasteiger partial charge in [-0.05, 0) is 156 Å². The lowest BCUT2D eigenvalue weighted by Gasteiger charge is -2.58. The van der Waals surface area contributed by atoms with Gasteiger partial charge < -0.3 is 9.69 Å². The number of allylic oxidation sites excluding steroid dienone is 4. The highest BCUT2D eigenvalue weighted by Gasteiger charge is 2.58. The van der Waals surface area contributed by atoms with Crippen molar-refractivity contribution in [2.24, 2.45) is 46.3 Å². The van der Waals surface area contributed by atoms with E-state index >= 15 is 0 Å². The molecule has 4 rings (SSSR count). The van der Waals surface area contributed by atoms with Gasteiger partial charge in [-0.2, -0.15) is 0 Å². The lowest BCUT2D eigenvalue weighted by Crippen LogP contribution is -2.50. The van der Waals surface area contributed by atoms with Gasteiger partial charge >= 0.3 is 0 Å². The third kappa shape index (κ3) is 10.4. The Kier molecular flexibility index (Phi) is 16.0. The normalized spacial score (nSPS) is 31.4. The number of nitrogens with zero attached hydrogens (tertiary/aromatic N) is 1. The van der Waals surface area contributed by atoms with Gasteiger partial charge in [0, 0.05) is 12.8 Å². The summed E-state index contributed by atoms with van der Waals surface area (Å²) >= 11 is 0. The quantitative estimate of drug-likeness (QED) is 0.0501. The molecule has 3 heteroatoms. The van der Waals surface area contributed by atoms with Crippen LogP contribution in [0.15, 0.2) is 23.3 Å². The van der Waals surface area contributed by atoms with E-state index in [9.17, 15) is 9.59 Å². The summed E-state index contributed by atoms with van der Waals surface area (Å²) in [4.78, 5) is 26.3. The number of hydrogen-bond acceptors (Lipinski definition) is 3. The first-order valence-corrected chi connectivity index (χ1v) is 21.2. The molecule has 274 valence electrons. The lowest BCUT2D eigenvalue weighted by molar-refractivity contribution is -0.114. The molecule has 0 spiro atoms. The van der Waals surface area contributed by atoms with Crippen molar-refractivity contribution in [1.29, 1.82) is 0 Å². The third-order valence-corrected chi connectivity index (χ3v) is 14.3. The number of carbonyl (C=O) groups is 2. The zero-order valence-electron chi connectivity index (χ0n) is 32.6. The fourth-order valence-electron chi connectivity index (χ4n) is 11.4. The van der Waals surface area contributed by atoms with E-state index in [2.05, 4.69) is 58.6 Å². The van der Waals surface area contributed by atoms with Crippen molar-refractivity contribution in [1.82, 2.24) is 4.90 Å². The van der Waals surface area contributed by atoms with Crippen molar-refractivity contribution in [2.75, 3.05) is 19.6 Å². The fourth-order valence-corrected chi connectivity index (χ4v) is 11.4. The van der Waals surface area contributed by atoms with Crippen molar-refractivity contribution >= 4 is 12.1 Å². The highest BCUT2D eigenvalue weighted by atomic mass is 16.1. The van der Waals surface area contributed by atoms with E-state index < -0.39 is 0 Å². The average Bonchev–Trinajstić information content (AvgIpc) is 3.42. The molecular formula is C45H77NO2. The van der Waals surface area contributed by atoms with Crippen LogP contribution < -0.4 is 0 Å². The molecule has 0 aromatic carbocycles. The molecule has 0 aromatic heterocycles. The minimum Gasteiger partial charge on any atom is -0.303 e. The lowest BCUT2D eigenvalue weighted by atomic mass is 9.47. The molecule has 7 atom stereocenters. The predicted molar refractivity (Wildman–Crippen MR) is 205 cm³/mol. The number of ketones is 1. The maximum Gasteiger partial charge on any atom is 0.155 e. The van der Waals surface area contributed by atoms with Crippen LogP contribution >= 0.6 is 0 Å². The van der Waals surface area contributed by atoms with E-state index in [1.165, 1.54) is 115 Å². The minimum absolute atomic E-state index is 0.352. The predicted octanol–water partition coefficient (Wildman–Crippen LogP) is 12.3. The Hall–Kier alpha value is -1.22. The number of rotatable bonds is 22. The Morgan fingerprint density at radius 1 is 0.875 bits per heavy atom. The summed E-state index contributed by atoms with van der Waals surface area (Å²) in [6.07, 6.45) is 32.6. The molecule has 3 nitrogen and oxygen atoms in total. The van der Waals surface area contributed by atoms with Gasteiger partial charge in [0.25, 0.3) is 0 Å². The van der Waals surface area contributed by atoms with Crippen molar-refractivity contribution < 1.29 is 9.59 Å². The molecule has 4 aliphatic carbocycles. The van der Waals surface area contributed by atoms with E-state index in [-0.39, 0.29) is 0 Å². The van der Waals surface area contributed by atoms with Crippen molar-refractivity contribution in [3.63, 3.8) is 0 Å². The number of unbranched alkanes of at least 4 members (excludes halogenated alkanes) is 7. The van der Waals surface area contributed by atoms with E-state index in [0.29, 0.717) is 29.5 Å².